The smallest absolute Gasteiger partial charge is 0.414 e. The standard InChI is InChI=1S/C29H37FN4O6/c1-18-7-9-20(10-8-18)22-12-11-21(15-23(22)30)19(2)24-16-25(40-34-24)32-27(33-28(36)39-29(3,4)5)31-13-14-38-17-26(35)37-6/h7,9-12,15-16,18-19H,8,13-14,17H2,1-6H3,(H2,31,32,33,36). The summed E-state index contributed by atoms with van der Waals surface area (Å²) in [6.45, 7) is 9.22. The number of esters is 1. The van der Waals surface area contributed by atoms with Crippen LogP contribution in [0.15, 0.2) is 52.0 Å². The van der Waals surface area contributed by atoms with Gasteiger partial charge < -0.3 is 18.7 Å². The van der Waals surface area contributed by atoms with Crippen molar-refractivity contribution in [2.45, 2.75) is 52.6 Å². The van der Waals surface area contributed by atoms with E-state index in [2.05, 4.69) is 44.6 Å². The van der Waals surface area contributed by atoms with Crippen LogP contribution in [0.5, 0.6) is 0 Å². The molecule has 1 aromatic carbocycles. The van der Waals surface area contributed by atoms with E-state index in [1.54, 1.807) is 32.9 Å². The number of ether oxygens (including phenoxy) is 3. The number of alkyl carbamates (subject to hydrolysis) is 1. The molecule has 11 heteroatoms. The second-order valence-corrected chi connectivity index (χ2v) is 10.4. The summed E-state index contributed by atoms with van der Waals surface area (Å²) in [5.41, 5.74) is 2.01. The van der Waals surface area contributed by atoms with Crippen molar-refractivity contribution in [3.8, 4) is 0 Å². The SMILES string of the molecule is COC(=O)COCCN=C(NC(=O)OC(C)(C)C)Nc1cc(C(C)c2ccc(C3=CCC(C)C=C3)c(F)c2)no1. The summed E-state index contributed by atoms with van der Waals surface area (Å²) in [4.78, 5) is 27.8. The zero-order valence-electron chi connectivity index (χ0n) is 23.7. The fraction of sp³-hybridized carbons (Fsp3) is 0.448. The first-order valence-electron chi connectivity index (χ1n) is 13.1. The third kappa shape index (κ3) is 9.33. The normalized spacial score (nSPS) is 16.2. The molecular weight excluding hydrogens is 519 g/mol. The van der Waals surface area contributed by atoms with E-state index >= 15 is 4.39 Å². The highest BCUT2D eigenvalue weighted by molar-refractivity contribution is 6.01. The molecular formula is C29H37FN4O6. The number of anilines is 1. The molecule has 2 atom stereocenters. The van der Waals surface area contributed by atoms with Gasteiger partial charge in [0.1, 0.15) is 18.0 Å². The average Bonchev–Trinajstić information content (AvgIpc) is 3.35. The number of guanidine groups is 1. The number of nitrogens with zero attached hydrogens (tertiary/aromatic N) is 2. The van der Waals surface area contributed by atoms with Crippen molar-refractivity contribution >= 4 is 29.5 Å². The molecule has 1 amide bonds. The summed E-state index contributed by atoms with van der Waals surface area (Å²) in [6, 6.07) is 6.82. The number of aromatic nitrogens is 1. The van der Waals surface area contributed by atoms with Crippen LogP contribution in [0.25, 0.3) is 5.57 Å². The lowest BCUT2D eigenvalue weighted by Gasteiger charge is -2.20. The Morgan fingerprint density at radius 2 is 2.05 bits per heavy atom. The predicted molar refractivity (Wildman–Crippen MR) is 149 cm³/mol. The van der Waals surface area contributed by atoms with Gasteiger partial charge in [0.05, 0.1) is 26.0 Å². The topological polar surface area (TPSA) is 124 Å². The van der Waals surface area contributed by atoms with E-state index in [4.69, 9.17) is 14.0 Å². The molecule has 0 radical (unpaired) electrons. The van der Waals surface area contributed by atoms with Gasteiger partial charge in [-0.2, -0.15) is 0 Å². The highest BCUT2D eigenvalue weighted by atomic mass is 19.1. The summed E-state index contributed by atoms with van der Waals surface area (Å²) in [7, 11) is 1.27. The van der Waals surface area contributed by atoms with E-state index in [-0.39, 0.29) is 43.3 Å². The van der Waals surface area contributed by atoms with Crippen molar-refractivity contribution in [1.82, 2.24) is 10.5 Å². The van der Waals surface area contributed by atoms with Gasteiger partial charge in [-0.1, -0.05) is 49.4 Å². The molecule has 0 saturated carbocycles. The van der Waals surface area contributed by atoms with Gasteiger partial charge in [-0.05, 0) is 50.3 Å². The number of carbonyl (C=O) groups excluding carboxylic acids is 2. The molecule has 0 bridgehead atoms. The number of aliphatic imine (C=N–C) groups is 1. The lowest BCUT2D eigenvalue weighted by atomic mass is 9.91. The number of methoxy groups -OCH3 is 1. The Labute approximate surface area is 233 Å². The second-order valence-electron chi connectivity index (χ2n) is 10.4. The van der Waals surface area contributed by atoms with Crippen molar-refractivity contribution < 1.29 is 32.7 Å². The quantitative estimate of drug-likeness (QED) is 0.181. The maximum absolute atomic E-state index is 15.0. The Balaban J connectivity index is 1.69. The summed E-state index contributed by atoms with van der Waals surface area (Å²) < 4.78 is 35.5. The Morgan fingerprint density at radius 1 is 1.27 bits per heavy atom. The molecule has 1 heterocycles. The number of nitrogens with one attached hydrogen (secondary N) is 2. The molecule has 216 valence electrons. The first kappa shape index (κ1) is 30.6. The molecule has 2 aromatic rings. The summed E-state index contributed by atoms with van der Waals surface area (Å²) >= 11 is 0. The van der Waals surface area contributed by atoms with E-state index in [1.165, 1.54) is 13.2 Å². The third-order valence-electron chi connectivity index (χ3n) is 5.90. The fourth-order valence-corrected chi connectivity index (χ4v) is 3.75. The largest absolute Gasteiger partial charge is 0.467 e. The maximum atomic E-state index is 15.0. The van der Waals surface area contributed by atoms with Gasteiger partial charge in [0.2, 0.25) is 11.8 Å². The van der Waals surface area contributed by atoms with Crippen LogP contribution in [-0.4, -0.2) is 55.6 Å². The molecule has 3 rings (SSSR count). The lowest BCUT2D eigenvalue weighted by molar-refractivity contribution is -0.145. The van der Waals surface area contributed by atoms with Gasteiger partial charge in [-0.3, -0.25) is 15.6 Å². The summed E-state index contributed by atoms with van der Waals surface area (Å²) in [6.07, 6.45) is 6.25. The Kier molecular flexibility index (Phi) is 10.6. The number of allylic oxidation sites excluding steroid dienone is 4. The minimum Gasteiger partial charge on any atom is -0.467 e. The van der Waals surface area contributed by atoms with E-state index in [9.17, 15) is 9.59 Å². The van der Waals surface area contributed by atoms with Crippen LogP contribution >= 0.6 is 0 Å². The van der Waals surface area contributed by atoms with Crippen molar-refractivity contribution in [2.24, 2.45) is 10.9 Å². The highest BCUT2D eigenvalue weighted by Crippen LogP contribution is 2.30. The molecule has 40 heavy (non-hydrogen) atoms. The molecule has 2 N–H and O–H groups in total. The number of benzene rings is 1. The van der Waals surface area contributed by atoms with Gasteiger partial charge in [-0.25, -0.2) is 14.0 Å². The molecule has 0 fully saturated rings. The molecule has 1 aliphatic carbocycles. The Bertz CT molecular complexity index is 1280. The van der Waals surface area contributed by atoms with Crippen LogP contribution in [0, 0.1) is 11.7 Å². The van der Waals surface area contributed by atoms with Crippen LogP contribution < -0.4 is 10.6 Å². The molecule has 1 aromatic heterocycles. The van der Waals surface area contributed by atoms with E-state index < -0.39 is 17.7 Å². The van der Waals surface area contributed by atoms with Gasteiger partial charge in [0.25, 0.3) is 0 Å². The predicted octanol–water partition coefficient (Wildman–Crippen LogP) is 5.43. The fourth-order valence-electron chi connectivity index (χ4n) is 3.75. The van der Waals surface area contributed by atoms with Gasteiger partial charge in [-0.15, -0.1) is 0 Å². The number of hydrogen-bond acceptors (Lipinski definition) is 8. The highest BCUT2D eigenvalue weighted by Gasteiger charge is 2.20. The van der Waals surface area contributed by atoms with Gasteiger partial charge in [0, 0.05) is 17.5 Å². The van der Waals surface area contributed by atoms with Gasteiger partial charge >= 0.3 is 12.1 Å². The zero-order chi connectivity index (χ0) is 29.3. The van der Waals surface area contributed by atoms with Crippen molar-refractivity contribution in [2.75, 3.05) is 32.2 Å². The molecule has 1 aliphatic rings. The first-order valence-corrected chi connectivity index (χ1v) is 13.1. The average molecular weight is 557 g/mol. The Hall–Kier alpha value is -3.99. The van der Waals surface area contributed by atoms with E-state index in [0.717, 1.165) is 17.6 Å². The monoisotopic (exact) mass is 556 g/mol. The molecule has 0 spiro atoms. The summed E-state index contributed by atoms with van der Waals surface area (Å²) in [5, 5.41) is 9.52. The van der Waals surface area contributed by atoms with Crippen molar-refractivity contribution in [1.29, 1.82) is 0 Å². The number of carbonyl (C=O) groups is 2. The number of rotatable bonds is 9. The van der Waals surface area contributed by atoms with Crippen LogP contribution in [-0.2, 0) is 19.0 Å². The molecule has 0 aliphatic heterocycles. The van der Waals surface area contributed by atoms with Crippen LogP contribution in [0.2, 0.25) is 0 Å². The molecule has 10 nitrogen and oxygen atoms in total. The number of halogens is 1. The second kappa shape index (κ2) is 13.9. The lowest BCUT2D eigenvalue weighted by Crippen LogP contribution is -2.40. The minimum atomic E-state index is -0.727. The number of amides is 1. The van der Waals surface area contributed by atoms with E-state index in [0.29, 0.717) is 17.2 Å². The third-order valence-corrected chi connectivity index (χ3v) is 5.90. The minimum absolute atomic E-state index is 0.0322. The van der Waals surface area contributed by atoms with Crippen molar-refractivity contribution in [3.05, 3.63) is 65.1 Å². The van der Waals surface area contributed by atoms with Gasteiger partial charge in [0.15, 0.2) is 0 Å². The van der Waals surface area contributed by atoms with Crippen molar-refractivity contribution in [3.63, 3.8) is 0 Å². The zero-order valence-corrected chi connectivity index (χ0v) is 23.7. The molecule has 0 saturated heterocycles. The number of hydrogen-bond donors (Lipinski definition) is 2. The Morgan fingerprint density at radius 3 is 2.70 bits per heavy atom. The molecule has 2 unspecified atom stereocenters. The van der Waals surface area contributed by atoms with Crippen LogP contribution in [0.4, 0.5) is 15.1 Å². The van der Waals surface area contributed by atoms with E-state index in [1.807, 2.05) is 19.1 Å². The maximum Gasteiger partial charge on any atom is 0.414 e. The first-order chi connectivity index (χ1) is 18.9. The van der Waals surface area contributed by atoms with Crippen LogP contribution in [0.3, 0.4) is 0 Å². The van der Waals surface area contributed by atoms with Crippen LogP contribution in [0.1, 0.15) is 63.8 Å². The summed E-state index contributed by atoms with van der Waals surface area (Å²) in [5.74, 6) is -0.400.